The van der Waals surface area contributed by atoms with Crippen LogP contribution in [-0.2, 0) is 6.18 Å². The van der Waals surface area contributed by atoms with Crippen LogP contribution >= 0.6 is 0 Å². The molecule has 1 aromatic heterocycles. The molecule has 2 aromatic rings. The summed E-state index contributed by atoms with van der Waals surface area (Å²) < 4.78 is 37.5. The molecule has 0 aliphatic heterocycles. The molecular weight excluding hydrogens is 311 g/mol. The van der Waals surface area contributed by atoms with E-state index in [9.17, 15) is 23.1 Å². The third-order valence-electron chi connectivity index (χ3n) is 3.36. The van der Waals surface area contributed by atoms with E-state index in [0.717, 1.165) is 0 Å². The van der Waals surface area contributed by atoms with Gasteiger partial charge in [0.15, 0.2) is 5.69 Å². The lowest BCUT2D eigenvalue weighted by atomic mass is 9.99. The lowest BCUT2D eigenvalue weighted by Gasteiger charge is -2.14. The van der Waals surface area contributed by atoms with Gasteiger partial charge in [-0.1, -0.05) is 13.8 Å². The van der Waals surface area contributed by atoms with E-state index < -0.39 is 17.8 Å². The van der Waals surface area contributed by atoms with Gasteiger partial charge < -0.3 is 10.4 Å². The summed E-state index contributed by atoms with van der Waals surface area (Å²) in [6, 6.07) is 3.75. The van der Waals surface area contributed by atoms with Crippen LogP contribution in [0, 0.1) is 6.92 Å². The number of nitrogens with zero attached hydrogens (tertiary/aromatic N) is 1. The Kier molecular flexibility index (Phi) is 4.35. The lowest BCUT2D eigenvalue weighted by Crippen LogP contribution is -2.13. The first-order valence-corrected chi connectivity index (χ1v) is 6.87. The van der Waals surface area contributed by atoms with E-state index in [-0.39, 0.29) is 17.4 Å². The number of amides is 1. The molecule has 0 fully saturated rings. The van der Waals surface area contributed by atoms with Gasteiger partial charge in [0, 0.05) is 11.8 Å². The molecule has 0 saturated heterocycles. The number of H-pyrrole nitrogens is 1. The van der Waals surface area contributed by atoms with Crippen molar-refractivity contribution in [3.63, 3.8) is 0 Å². The van der Waals surface area contributed by atoms with Crippen LogP contribution in [0.2, 0.25) is 0 Å². The molecule has 0 saturated carbocycles. The number of nitrogens with one attached hydrogen (secondary N) is 2. The van der Waals surface area contributed by atoms with Crippen molar-refractivity contribution >= 4 is 11.6 Å². The minimum atomic E-state index is -4.59. The second kappa shape index (κ2) is 5.94. The summed E-state index contributed by atoms with van der Waals surface area (Å²) in [5.41, 5.74) is 0.174. The zero-order valence-electron chi connectivity index (χ0n) is 12.7. The van der Waals surface area contributed by atoms with Gasteiger partial charge in [0.1, 0.15) is 11.4 Å². The lowest BCUT2D eigenvalue weighted by molar-refractivity contribution is -0.141. The first-order valence-electron chi connectivity index (χ1n) is 6.87. The quantitative estimate of drug-likeness (QED) is 0.750. The maximum absolute atomic E-state index is 12.5. The predicted molar refractivity (Wildman–Crippen MR) is 78.5 cm³/mol. The number of halogens is 3. The van der Waals surface area contributed by atoms with Gasteiger partial charge in [0.25, 0.3) is 5.91 Å². The highest BCUT2D eigenvalue weighted by molar-refractivity contribution is 6.03. The molecule has 124 valence electrons. The molecule has 0 radical (unpaired) electrons. The van der Waals surface area contributed by atoms with Crippen molar-refractivity contribution in [2.75, 3.05) is 5.32 Å². The van der Waals surface area contributed by atoms with Gasteiger partial charge in [-0.2, -0.15) is 18.3 Å². The first-order chi connectivity index (χ1) is 10.6. The van der Waals surface area contributed by atoms with E-state index in [2.05, 4.69) is 10.4 Å². The van der Waals surface area contributed by atoms with Gasteiger partial charge in [-0.05, 0) is 36.1 Å². The highest BCUT2D eigenvalue weighted by Gasteiger charge is 2.33. The average molecular weight is 327 g/mol. The SMILES string of the molecule is Cc1cc(O)c(C(C)C)cc1NC(=O)c1cc(C(F)(F)F)[nH]n1. The molecule has 1 amide bonds. The third-order valence-corrected chi connectivity index (χ3v) is 3.36. The summed E-state index contributed by atoms with van der Waals surface area (Å²) in [5.74, 6) is -0.636. The Bertz CT molecular complexity index is 736. The van der Waals surface area contributed by atoms with Crippen molar-refractivity contribution in [2.24, 2.45) is 0 Å². The Morgan fingerprint density at radius 3 is 2.48 bits per heavy atom. The van der Waals surface area contributed by atoms with Crippen LogP contribution in [0.1, 0.15) is 47.1 Å². The van der Waals surface area contributed by atoms with Crippen molar-refractivity contribution in [3.05, 3.63) is 40.7 Å². The molecule has 2 rings (SSSR count). The number of aromatic amines is 1. The second-order valence-electron chi connectivity index (χ2n) is 5.50. The van der Waals surface area contributed by atoms with E-state index in [1.807, 2.05) is 13.8 Å². The highest BCUT2D eigenvalue weighted by Crippen LogP contribution is 2.32. The largest absolute Gasteiger partial charge is 0.508 e. The Balaban J connectivity index is 2.27. The highest BCUT2D eigenvalue weighted by atomic mass is 19.4. The number of phenols is 1. The monoisotopic (exact) mass is 327 g/mol. The van der Waals surface area contributed by atoms with Crippen LogP contribution in [0.3, 0.4) is 0 Å². The minimum Gasteiger partial charge on any atom is -0.508 e. The van der Waals surface area contributed by atoms with Crippen LogP contribution in [-0.4, -0.2) is 21.2 Å². The van der Waals surface area contributed by atoms with Crippen LogP contribution in [0.5, 0.6) is 5.75 Å². The van der Waals surface area contributed by atoms with Gasteiger partial charge in [-0.25, -0.2) is 0 Å². The van der Waals surface area contributed by atoms with Crippen molar-refractivity contribution in [1.82, 2.24) is 10.2 Å². The van der Waals surface area contributed by atoms with Crippen LogP contribution in [0.15, 0.2) is 18.2 Å². The molecule has 0 aliphatic rings. The number of hydrogen-bond acceptors (Lipinski definition) is 3. The van der Waals surface area contributed by atoms with E-state index in [0.29, 0.717) is 22.9 Å². The Hall–Kier alpha value is -2.51. The van der Waals surface area contributed by atoms with Gasteiger partial charge in [0.05, 0.1) is 0 Å². The molecule has 0 unspecified atom stereocenters. The fourth-order valence-corrected chi connectivity index (χ4v) is 2.08. The zero-order chi connectivity index (χ0) is 17.4. The number of anilines is 1. The number of phenolic OH excluding ortho intramolecular Hbond substituents is 1. The molecule has 1 heterocycles. The van der Waals surface area contributed by atoms with E-state index in [4.69, 9.17) is 0 Å². The maximum Gasteiger partial charge on any atom is 0.432 e. The van der Waals surface area contributed by atoms with Crippen molar-refractivity contribution < 1.29 is 23.1 Å². The molecule has 1 aromatic carbocycles. The van der Waals surface area contributed by atoms with Crippen LogP contribution < -0.4 is 5.32 Å². The summed E-state index contributed by atoms with van der Waals surface area (Å²) in [6.07, 6.45) is -4.59. The number of aromatic nitrogens is 2. The molecule has 0 spiro atoms. The fraction of sp³-hybridized carbons (Fsp3) is 0.333. The zero-order valence-corrected chi connectivity index (χ0v) is 12.7. The normalized spacial score (nSPS) is 11.8. The molecule has 3 N–H and O–H groups in total. The molecule has 8 heteroatoms. The average Bonchev–Trinajstić information content (AvgIpc) is 2.91. The van der Waals surface area contributed by atoms with E-state index in [1.165, 1.54) is 6.07 Å². The first kappa shape index (κ1) is 16.9. The summed E-state index contributed by atoms with van der Waals surface area (Å²) in [7, 11) is 0. The predicted octanol–water partition coefficient (Wildman–Crippen LogP) is 3.82. The Morgan fingerprint density at radius 1 is 1.30 bits per heavy atom. The summed E-state index contributed by atoms with van der Waals surface area (Å²) >= 11 is 0. The van der Waals surface area contributed by atoms with Crippen molar-refractivity contribution in [2.45, 2.75) is 32.9 Å². The number of carbonyl (C=O) groups is 1. The third kappa shape index (κ3) is 3.64. The molecule has 5 nitrogen and oxygen atoms in total. The number of carbonyl (C=O) groups excluding carboxylic acids is 1. The minimum absolute atomic E-state index is 0.0217. The Morgan fingerprint density at radius 2 is 1.96 bits per heavy atom. The number of alkyl halides is 3. The number of benzene rings is 1. The summed E-state index contributed by atoms with van der Waals surface area (Å²) in [6.45, 7) is 5.42. The number of hydrogen-bond donors (Lipinski definition) is 3. The number of aryl methyl sites for hydroxylation is 1. The summed E-state index contributed by atoms with van der Waals surface area (Å²) in [4.78, 5) is 12.0. The van der Waals surface area contributed by atoms with Gasteiger partial charge in [-0.15, -0.1) is 0 Å². The van der Waals surface area contributed by atoms with Crippen molar-refractivity contribution in [3.8, 4) is 5.75 Å². The fourth-order valence-electron chi connectivity index (χ4n) is 2.08. The van der Waals surface area contributed by atoms with Gasteiger partial charge in [-0.3, -0.25) is 9.89 Å². The smallest absolute Gasteiger partial charge is 0.432 e. The number of aromatic hydroxyl groups is 1. The van der Waals surface area contributed by atoms with Crippen molar-refractivity contribution in [1.29, 1.82) is 0 Å². The standard InChI is InChI=1S/C15H16F3N3O2/c1-7(2)9-5-10(8(3)4-12(9)22)19-14(23)11-6-13(21-20-11)15(16,17)18/h4-7,22H,1-3H3,(H,19,23)(H,20,21). The second-order valence-corrected chi connectivity index (χ2v) is 5.50. The molecule has 23 heavy (non-hydrogen) atoms. The van der Waals surface area contributed by atoms with E-state index in [1.54, 1.807) is 18.1 Å². The van der Waals surface area contributed by atoms with E-state index >= 15 is 0 Å². The molecule has 0 aliphatic carbocycles. The van der Waals surface area contributed by atoms with Crippen LogP contribution in [0.4, 0.5) is 18.9 Å². The van der Waals surface area contributed by atoms with Gasteiger partial charge >= 0.3 is 6.18 Å². The summed E-state index contributed by atoms with van der Waals surface area (Å²) in [5, 5.41) is 17.6. The number of rotatable bonds is 3. The molecular formula is C15H16F3N3O2. The topological polar surface area (TPSA) is 78.0 Å². The van der Waals surface area contributed by atoms with Gasteiger partial charge in [0.2, 0.25) is 0 Å². The molecule has 0 atom stereocenters. The maximum atomic E-state index is 12.5. The molecule has 0 bridgehead atoms. The van der Waals surface area contributed by atoms with Crippen LogP contribution in [0.25, 0.3) is 0 Å². The Labute approximate surface area is 130 Å².